The highest BCUT2D eigenvalue weighted by Gasteiger charge is 2.17. The van der Waals surface area contributed by atoms with Crippen LogP contribution in [-0.2, 0) is 0 Å². The molecule has 1 aromatic carbocycles. The second-order valence-corrected chi connectivity index (χ2v) is 3.77. The molecule has 2 heterocycles. The number of fused-ring (bicyclic) bond motifs is 3. The minimum absolute atomic E-state index is 0.0240. The van der Waals surface area contributed by atoms with Crippen LogP contribution in [0.15, 0.2) is 36.5 Å². The number of hydrogen-bond donors (Lipinski definition) is 0. The van der Waals surface area contributed by atoms with Crippen molar-refractivity contribution in [1.82, 2.24) is 9.38 Å². The second kappa shape index (κ2) is 3.53. The lowest BCUT2D eigenvalue weighted by Crippen LogP contribution is -1.93. The van der Waals surface area contributed by atoms with Crippen molar-refractivity contribution >= 4 is 22.4 Å². The molecule has 0 fully saturated rings. The van der Waals surface area contributed by atoms with Crippen molar-refractivity contribution in [3.05, 3.63) is 52.2 Å². The van der Waals surface area contributed by atoms with Crippen LogP contribution >= 0.6 is 0 Å². The summed E-state index contributed by atoms with van der Waals surface area (Å²) in [6, 6.07) is 10.1. The SMILES string of the molecule is N#Cc1cc2nc3ccccn3c2cc1[N+](=O)[O-]. The fraction of sp³-hybridized carbons (Fsp3) is 0. The Morgan fingerprint density at radius 2 is 2.22 bits per heavy atom. The molecule has 0 radical (unpaired) electrons. The van der Waals surface area contributed by atoms with E-state index in [4.69, 9.17) is 5.26 Å². The molecule has 3 aromatic rings. The third-order valence-corrected chi connectivity index (χ3v) is 2.74. The van der Waals surface area contributed by atoms with E-state index >= 15 is 0 Å². The zero-order chi connectivity index (χ0) is 12.7. The van der Waals surface area contributed by atoms with Gasteiger partial charge in [0.05, 0.1) is 16.0 Å². The van der Waals surface area contributed by atoms with Gasteiger partial charge in [-0.2, -0.15) is 5.26 Å². The smallest absolute Gasteiger partial charge is 0.289 e. The van der Waals surface area contributed by atoms with Crippen molar-refractivity contribution in [3.8, 4) is 6.07 Å². The van der Waals surface area contributed by atoms with Gasteiger partial charge in [0.2, 0.25) is 0 Å². The predicted octanol–water partition coefficient (Wildman–Crippen LogP) is 2.27. The lowest BCUT2D eigenvalue weighted by molar-refractivity contribution is -0.385. The van der Waals surface area contributed by atoms with E-state index in [0.717, 1.165) is 0 Å². The molecule has 0 N–H and O–H groups in total. The molecule has 6 heteroatoms. The van der Waals surface area contributed by atoms with Crippen molar-refractivity contribution in [1.29, 1.82) is 5.26 Å². The van der Waals surface area contributed by atoms with Gasteiger partial charge in [-0.15, -0.1) is 0 Å². The fourth-order valence-corrected chi connectivity index (χ4v) is 1.94. The van der Waals surface area contributed by atoms with Gasteiger partial charge in [-0.3, -0.25) is 14.5 Å². The molecular weight excluding hydrogens is 232 g/mol. The summed E-state index contributed by atoms with van der Waals surface area (Å²) in [6.45, 7) is 0. The lowest BCUT2D eigenvalue weighted by Gasteiger charge is -1.96. The summed E-state index contributed by atoms with van der Waals surface area (Å²) in [5, 5.41) is 19.8. The van der Waals surface area contributed by atoms with Crippen LogP contribution in [0.3, 0.4) is 0 Å². The van der Waals surface area contributed by atoms with Crippen LogP contribution in [-0.4, -0.2) is 14.3 Å². The summed E-state index contributed by atoms with van der Waals surface area (Å²) in [5.41, 5.74) is 1.71. The molecule has 3 rings (SSSR count). The summed E-state index contributed by atoms with van der Waals surface area (Å²) in [7, 11) is 0. The number of nitrogens with zero attached hydrogens (tertiary/aromatic N) is 4. The Labute approximate surface area is 101 Å². The van der Waals surface area contributed by atoms with Crippen molar-refractivity contribution < 1.29 is 4.92 Å². The van der Waals surface area contributed by atoms with Crippen LogP contribution in [0.25, 0.3) is 16.7 Å². The Morgan fingerprint density at radius 1 is 1.39 bits per heavy atom. The molecule has 0 bridgehead atoms. The molecule has 0 aliphatic rings. The predicted molar refractivity (Wildman–Crippen MR) is 64.1 cm³/mol. The quantitative estimate of drug-likeness (QED) is 0.480. The van der Waals surface area contributed by atoms with E-state index in [1.165, 1.54) is 12.1 Å². The number of benzene rings is 1. The van der Waals surface area contributed by atoms with Gasteiger partial charge in [0.15, 0.2) is 0 Å². The maximum Gasteiger partial charge on any atom is 0.289 e. The summed E-state index contributed by atoms with van der Waals surface area (Å²) in [6.07, 6.45) is 1.78. The van der Waals surface area contributed by atoms with Crippen LogP contribution in [0.2, 0.25) is 0 Å². The standard InChI is InChI=1S/C12H6N4O2/c13-7-8-5-9-11(6-10(8)16(17)18)15-4-2-1-3-12(15)14-9/h1-6H. The number of nitro groups is 1. The Balaban J connectivity index is 2.49. The molecule has 0 unspecified atom stereocenters. The van der Waals surface area contributed by atoms with Crippen LogP contribution < -0.4 is 0 Å². The lowest BCUT2D eigenvalue weighted by atomic mass is 10.2. The summed E-state index contributed by atoms with van der Waals surface area (Å²) in [5.74, 6) is 0. The molecule has 0 amide bonds. The largest absolute Gasteiger partial charge is 0.299 e. The molecule has 0 spiro atoms. The monoisotopic (exact) mass is 238 g/mol. The third-order valence-electron chi connectivity index (χ3n) is 2.74. The molecule has 0 saturated carbocycles. The summed E-state index contributed by atoms with van der Waals surface area (Å²) < 4.78 is 1.75. The number of rotatable bonds is 1. The van der Waals surface area contributed by atoms with Gasteiger partial charge in [0.25, 0.3) is 5.69 Å². The summed E-state index contributed by atoms with van der Waals surface area (Å²) in [4.78, 5) is 14.7. The third kappa shape index (κ3) is 1.31. The molecule has 0 saturated heterocycles. The zero-order valence-electron chi connectivity index (χ0n) is 9.07. The van der Waals surface area contributed by atoms with Gasteiger partial charge >= 0.3 is 0 Å². The number of imidazole rings is 1. The van der Waals surface area contributed by atoms with Gasteiger partial charge in [-0.1, -0.05) is 6.07 Å². The van der Waals surface area contributed by atoms with Gasteiger partial charge in [-0.25, -0.2) is 4.98 Å². The van der Waals surface area contributed by atoms with Gasteiger partial charge in [0, 0.05) is 12.3 Å². The zero-order valence-corrected chi connectivity index (χ0v) is 9.07. The van der Waals surface area contributed by atoms with Crippen LogP contribution in [0.1, 0.15) is 5.56 Å². The van der Waals surface area contributed by atoms with Crippen molar-refractivity contribution in [3.63, 3.8) is 0 Å². The Morgan fingerprint density at radius 3 is 2.94 bits per heavy atom. The number of pyridine rings is 1. The Hall–Kier alpha value is -2.94. The van der Waals surface area contributed by atoms with Crippen molar-refractivity contribution in [2.75, 3.05) is 0 Å². The molecule has 86 valence electrons. The summed E-state index contributed by atoms with van der Waals surface area (Å²) >= 11 is 0. The van der Waals surface area contributed by atoms with E-state index < -0.39 is 4.92 Å². The highest BCUT2D eigenvalue weighted by molar-refractivity contribution is 5.84. The van der Waals surface area contributed by atoms with Crippen LogP contribution in [0.4, 0.5) is 5.69 Å². The topological polar surface area (TPSA) is 84.2 Å². The number of nitriles is 1. The average molecular weight is 238 g/mol. The van der Waals surface area contributed by atoms with Gasteiger partial charge < -0.3 is 0 Å². The van der Waals surface area contributed by atoms with E-state index in [2.05, 4.69) is 4.98 Å². The highest BCUT2D eigenvalue weighted by Crippen LogP contribution is 2.25. The molecule has 0 aliphatic carbocycles. The minimum atomic E-state index is -0.555. The fourth-order valence-electron chi connectivity index (χ4n) is 1.94. The first-order chi connectivity index (χ1) is 8.70. The van der Waals surface area contributed by atoms with Crippen LogP contribution in [0.5, 0.6) is 0 Å². The number of nitro benzene ring substituents is 1. The van der Waals surface area contributed by atoms with Crippen molar-refractivity contribution in [2.24, 2.45) is 0 Å². The molecular formula is C12H6N4O2. The molecule has 2 aromatic heterocycles. The van der Waals surface area contributed by atoms with E-state index in [9.17, 15) is 10.1 Å². The maximum atomic E-state index is 10.9. The first kappa shape index (κ1) is 10.2. The van der Waals surface area contributed by atoms with Gasteiger partial charge in [0.1, 0.15) is 17.3 Å². The average Bonchev–Trinajstić information content (AvgIpc) is 2.74. The second-order valence-electron chi connectivity index (χ2n) is 3.77. The Kier molecular flexibility index (Phi) is 2.01. The van der Waals surface area contributed by atoms with E-state index in [-0.39, 0.29) is 11.3 Å². The number of hydrogen-bond acceptors (Lipinski definition) is 4. The Bertz CT molecular complexity index is 829. The normalized spacial score (nSPS) is 10.6. The number of aromatic nitrogens is 2. The van der Waals surface area contributed by atoms with Crippen molar-refractivity contribution in [2.45, 2.75) is 0 Å². The van der Waals surface area contributed by atoms with Crippen LogP contribution in [0, 0.1) is 21.4 Å². The molecule has 0 aliphatic heterocycles. The first-order valence-electron chi connectivity index (χ1n) is 5.16. The van der Waals surface area contributed by atoms with E-state index in [1.54, 1.807) is 16.7 Å². The maximum absolute atomic E-state index is 10.9. The van der Waals surface area contributed by atoms with E-state index in [1.807, 2.05) is 18.2 Å². The molecule has 6 nitrogen and oxygen atoms in total. The highest BCUT2D eigenvalue weighted by atomic mass is 16.6. The molecule has 18 heavy (non-hydrogen) atoms. The molecule has 0 atom stereocenters. The first-order valence-corrected chi connectivity index (χ1v) is 5.16. The van der Waals surface area contributed by atoms with E-state index in [0.29, 0.717) is 16.7 Å². The van der Waals surface area contributed by atoms with Gasteiger partial charge in [-0.05, 0) is 18.2 Å². The minimum Gasteiger partial charge on any atom is -0.299 e.